The van der Waals surface area contributed by atoms with Crippen molar-refractivity contribution in [3.63, 3.8) is 0 Å². The van der Waals surface area contributed by atoms with Gasteiger partial charge in [0.05, 0.1) is 11.0 Å². The van der Waals surface area contributed by atoms with Crippen LogP contribution in [0.2, 0.25) is 0 Å². The molecule has 14 heavy (non-hydrogen) atoms. The fourth-order valence-electron chi connectivity index (χ4n) is 0.875. The fourth-order valence-corrected chi connectivity index (χ4v) is 1.93. The molecule has 0 unspecified atom stereocenters. The first-order valence-electron chi connectivity index (χ1n) is 4.10. The van der Waals surface area contributed by atoms with Gasteiger partial charge in [0.2, 0.25) is 0 Å². The van der Waals surface area contributed by atoms with E-state index in [0.29, 0.717) is 5.84 Å². The summed E-state index contributed by atoms with van der Waals surface area (Å²) in [5.74, 6) is 6.01. The first kappa shape index (κ1) is 11.6. The molecule has 0 aromatic carbocycles. The molecule has 6 heteroatoms. The SMILES string of the molecule is CC(C)(C)N=C(NN)c1ncsc1Br. The lowest BCUT2D eigenvalue weighted by atomic mass is 10.1. The van der Waals surface area contributed by atoms with Crippen LogP contribution in [0.5, 0.6) is 0 Å². The molecule has 0 aliphatic heterocycles. The Morgan fingerprint density at radius 3 is 2.64 bits per heavy atom. The highest BCUT2D eigenvalue weighted by molar-refractivity contribution is 9.11. The third kappa shape index (κ3) is 3.04. The Morgan fingerprint density at radius 1 is 1.64 bits per heavy atom. The Bertz CT molecular complexity index is 339. The quantitative estimate of drug-likeness (QED) is 0.357. The van der Waals surface area contributed by atoms with Gasteiger partial charge in [0.15, 0.2) is 5.84 Å². The van der Waals surface area contributed by atoms with Gasteiger partial charge in [0, 0.05) is 0 Å². The molecule has 0 aliphatic carbocycles. The Labute approximate surface area is 95.7 Å². The van der Waals surface area contributed by atoms with E-state index in [1.54, 1.807) is 5.51 Å². The Kier molecular flexibility index (Phi) is 3.63. The van der Waals surface area contributed by atoms with Crippen molar-refractivity contribution in [3.05, 3.63) is 15.0 Å². The van der Waals surface area contributed by atoms with Crippen molar-refractivity contribution < 1.29 is 0 Å². The molecule has 0 radical (unpaired) electrons. The van der Waals surface area contributed by atoms with Crippen molar-refractivity contribution in [3.8, 4) is 0 Å². The average Bonchev–Trinajstić information content (AvgIpc) is 2.45. The number of hydrogen-bond acceptors (Lipinski definition) is 4. The van der Waals surface area contributed by atoms with Crippen LogP contribution < -0.4 is 11.3 Å². The van der Waals surface area contributed by atoms with E-state index >= 15 is 0 Å². The molecular weight excluding hydrogens is 264 g/mol. The zero-order chi connectivity index (χ0) is 10.8. The smallest absolute Gasteiger partial charge is 0.164 e. The Hall–Kier alpha value is -0.460. The van der Waals surface area contributed by atoms with Gasteiger partial charge < -0.3 is 5.43 Å². The summed E-state index contributed by atoms with van der Waals surface area (Å²) in [4.78, 5) is 8.59. The summed E-state index contributed by atoms with van der Waals surface area (Å²) in [6.45, 7) is 6.01. The lowest BCUT2D eigenvalue weighted by Gasteiger charge is -2.14. The van der Waals surface area contributed by atoms with E-state index in [4.69, 9.17) is 5.84 Å². The number of aromatic nitrogens is 1. The number of hydrazine groups is 1. The van der Waals surface area contributed by atoms with Crippen LogP contribution in [0.25, 0.3) is 0 Å². The summed E-state index contributed by atoms with van der Waals surface area (Å²) in [6.07, 6.45) is 0. The van der Waals surface area contributed by atoms with E-state index in [9.17, 15) is 0 Å². The second-order valence-electron chi connectivity index (χ2n) is 3.75. The van der Waals surface area contributed by atoms with Crippen molar-refractivity contribution in [2.45, 2.75) is 26.3 Å². The fraction of sp³-hybridized carbons (Fsp3) is 0.500. The van der Waals surface area contributed by atoms with Gasteiger partial charge in [0.25, 0.3) is 0 Å². The van der Waals surface area contributed by atoms with Gasteiger partial charge in [0.1, 0.15) is 9.48 Å². The number of thiazole rings is 1. The molecule has 0 saturated carbocycles. The highest BCUT2D eigenvalue weighted by Gasteiger charge is 2.14. The number of nitrogens with two attached hydrogens (primary N) is 1. The molecule has 0 spiro atoms. The van der Waals surface area contributed by atoms with E-state index in [1.165, 1.54) is 11.3 Å². The van der Waals surface area contributed by atoms with Crippen LogP contribution in [-0.2, 0) is 0 Å². The van der Waals surface area contributed by atoms with Crippen LogP contribution in [0.4, 0.5) is 0 Å². The molecule has 0 atom stereocenters. The molecular formula is C8H13BrN4S. The summed E-state index contributed by atoms with van der Waals surface area (Å²) in [5, 5.41) is 0. The third-order valence-corrected chi connectivity index (χ3v) is 2.88. The van der Waals surface area contributed by atoms with E-state index < -0.39 is 0 Å². The normalized spacial score (nSPS) is 13.1. The zero-order valence-corrected chi connectivity index (χ0v) is 10.7. The van der Waals surface area contributed by atoms with Crippen molar-refractivity contribution >= 4 is 33.1 Å². The lowest BCUT2D eigenvalue weighted by molar-refractivity contribution is 0.580. The van der Waals surface area contributed by atoms with E-state index in [1.807, 2.05) is 20.8 Å². The van der Waals surface area contributed by atoms with Gasteiger partial charge in [-0.1, -0.05) is 0 Å². The summed E-state index contributed by atoms with van der Waals surface area (Å²) in [6, 6.07) is 0. The van der Waals surface area contributed by atoms with Crippen molar-refractivity contribution in [1.29, 1.82) is 0 Å². The summed E-state index contributed by atoms with van der Waals surface area (Å²) < 4.78 is 0.929. The molecule has 0 bridgehead atoms. The summed E-state index contributed by atoms with van der Waals surface area (Å²) in [7, 11) is 0. The molecule has 78 valence electrons. The van der Waals surface area contributed by atoms with Crippen molar-refractivity contribution in [2.24, 2.45) is 10.8 Å². The van der Waals surface area contributed by atoms with Gasteiger partial charge in [-0.15, -0.1) is 11.3 Å². The average molecular weight is 277 g/mol. The monoisotopic (exact) mass is 276 g/mol. The highest BCUT2D eigenvalue weighted by atomic mass is 79.9. The predicted molar refractivity (Wildman–Crippen MR) is 63.4 cm³/mol. The van der Waals surface area contributed by atoms with Crippen LogP contribution in [-0.4, -0.2) is 16.4 Å². The summed E-state index contributed by atoms with van der Waals surface area (Å²) in [5.41, 5.74) is 4.89. The van der Waals surface area contributed by atoms with Crippen LogP contribution in [0, 0.1) is 0 Å². The Morgan fingerprint density at radius 2 is 2.29 bits per heavy atom. The van der Waals surface area contributed by atoms with Gasteiger partial charge >= 0.3 is 0 Å². The molecule has 1 heterocycles. The molecule has 0 fully saturated rings. The highest BCUT2D eigenvalue weighted by Crippen LogP contribution is 2.21. The lowest BCUT2D eigenvalue weighted by Crippen LogP contribution is -2.34. The first-order valence-corrected chi connectivity index (χ1v) is 5.77. The number of halogens is 1. The van der Waals surface area contributed by atoms with Gasteiger partial charge in [-0.25, -0.2) is 10.8 Å². The van der Waals surface area contributed by atoms with E-state index in [0.717, 1.165) is 9.48 Å². The van der Waals surface area contributed by atoms with Crippen molar-refractivity contribution in [2.75, 3.05) is 0 Å². The predicted octanol–water partition coefficient (Wildman–Crippen LogP) is 1.91. The number of aliphatic imine (C=N–C) groups is 1. The molecule has 0 aliphatic rings. The van der Waals surface area contributed by atoms with Crippen LogP contribution in [0.15, 0.2) is 14.3 Å². The maximum Gasteiger partial charge on any atom is 0.164 e. The number of amidine groups is 1. The Balaban J connectivity index is 3.05. The topological polar surface area (TPSA) is 63.3 Å². The second kappa shape index (κ2) is 4.37. The first-order chi connectivity index (χ1) is 6.44. The zero-order valence-electron chi connectivity index (χ0n) is 8.34. The molecule has 0 amide bonds. The standard InChI is InChI=1S/C8H13BrN4S/c1-8(2,3)12-7(13-10)5-6(9)14-4-11-5/h4H,10H2,1-3H3,(H,12,13). The van der Waals surface area contributed by atoms with E-state index in [2.05, 4.69) is 31.3 Å². The number of nitrogens with zero attached hydrogens (tertiary/aromatic N) is 2. The van der Waals surface area contributed by atoms with E-state index in [-0.39, 0.29) is 5.54 Å². The molecule has 1 aromatic rings. The second-order valence-corrected chi connectivity index (χ2v) is 5.92. The third-order valence-electron chi connectivity index (χ3n) is 1.33. The molecule has 1 rings (SSSR count). The molecule has 4 nitrogen and oxygen atoms in total. The minimum absolute atomic E-state index is 0.176. The number of hydrogen-bond donors (Lipinski definition) is 2. The largest absolute Gasteiger partial charge is 0.307 e. The summed E-state index contributed by atoms with van der Waals surface area (Å²) >= 11 is 4.90. The molecule has 1 aromatic heterocycles. The van der Waals surface area contributed by atoms with Crippen LogP contribution >= 0.6 is 27.3 Å². The molecule has 3 N–H and O–H groups in total. The van der Waals surface area contributed by atoms with Gasteiger partial charge in [-0.3, -0.25) is 4.99 Å². The number of rotatable bonds is 1. The maximum absolute atomic E-state index is 5.40. The number of nitrogens with one attached hydrogen (secondary N) is 1. The van der Waals surface area contributed by atoms with Crippen LogP contribution in [0.3, 0.4) is 0 Å². The maximum atomic E-state index is 5.40. The van der Waals surface area contributed by atoms with Gasteiger partial charge in [-0.2, -0.15) is 0 Å². The molecule has 0 saturated heterocycles. The van der Waals surface area contributed by atoms with Gasteiger partial charge in [-0.05, 0) is 36.7 Å². The minimum atomic E-state index is -0.176. The van der Waals surface area contributed by atoms with Crippen molar-refractivity contribution in [1.82, 2.24) is 10.4 Å². The van der Waals surface area contributed by atoms with Crippen LogP contribution in [0.1, 0.15) is 26.5 Å². The minimum Gasteiger partial charge on any atom is -0.307 e.